The molecule has 0 radical (unpaired) electrons. The van der Waals surface area contributed by atoms with E-state index in [4.69, 9.17) is 0 Å². The van der Waals surface area contributed by atoms with Gasteiger partial charge in [-0.3, -0.25) is 0 Å². The maximum atomic E-state index is 13.7. The Morgan fingerprint density at radius 2 is 2.17 bits per heavy atom. The Bertz CT molecular complexity index is 530. The smallest absolute Gasteiger partial charge is 0.214 e. The normalized spacial score (nSPS) is 13.2. The van der Waals surface area contributed by atoms with E-state index in [1.54, 1.807) is 24.8 Å². The van der Waals surface area contributed by atoms with Crippen LogP contribution in [0.25, 0.3) is 0 Å². The second kappa shape index (κ2) is 5.18. The third-order valence-corrected chi connectivity index (χ3v) is 4.06. The van der Waals surface area contributed by atoms with Crippen LogP contribution < -0.4 is 3.96 Å². The Balaban J connectivity index is 2.11. The number of halogens is 1. The first-order valence-corrected chi connectivity index (χ1v) is 6.98. The summed E-state index contributed by atoms with van der Waals surface area (Å²) < 4.78 is 17.2. The molecule has 0 aliphatic rings. The van der Waals surface area contributed by atoms with Gasteiger partial charge in [-0.15, -0.1) is 3.96 Å². The zero-order valence-electron chi connectivity index (χ0n) is 11.2. The number of aryl methyl sites for hydroxylation is 1. The molecule has 0 aliphatic heterocycles. The minimum absolute atomic E-state index is 0.127. The van der Waals surface area contributed by atoms with Gasteiger partial charge in [0.1, 0.15) is 11.5 Å². The Morgan fingerprint density at radius 1 is 1.44 bits per heavy atom. The highest BCUT2D eigenvalue weighted by atomic mass is 32.1. The molecule has 0 bridgehead atoms. The fourth-order valence-corrected chi connectivity index (χ4v) is 2.96. The molecule has 0 aliphatic carbocycles. The van der Waals surface area contributed by atoms with Crippen LogP contribution in [0.2, 0.25) is 0 Å². The fourth-order valence-electron chi connectivity index (χ4n) is 1.87. The quantitative estimate of drug-likeness (QED) is 0.781. The van der Waals surface area contributed by atoms with Crippen molar-refractivity contribution in [2.45, 2.75) is 39.2 Å². The molecule has 2 aromatic rings. The molecule has 2 rings (SSSR count). The van der Waals surface area contributed by atoms with E-state index in [2.05, 4.69) is 34.5 Å². The van der Waals surface area contributed by atoms with Gasteiger partial charge in [0.05, 0.1) is 11.6 Å². The summed E-state index contributed by atoms with van der Waals surface area (Å²) in [5.41, 5.74) is 2.02. The fraction of sp³-hybridized carbons (Fsp3) is 0.538. The van der Waals surface area contributed by atoms with Crippen LogP contribution in [0.15, 0.2) is 17.8 Å². The molecule has 18 heavy (non-hydrogen) atoms. The molecular formula is C13H19FN3S+. The summed E-state index contributed by atoms with van der Waals surface area (Å²) >= 11 is 1.68. The molecule has 5 heteroatoms. The average molecular weight is 268 g/mol. The Hall–Kier alpha value is -1.23. The maximum absolute atomic E-state index is 13.7. The number of nitrogens with zero attached hydrogens (tertiary/aromatic N) is 3. The van der Waals surface area contributed by atoms with Gasteiger partial charge in [-0.25, -0.2) is 4.68 Å². The molecule has 2 heterocycles. The average Bonchev–Trinajstić information content (AvgIpc) is 2.88. The first-order chi connectivity index (χ1) is 8.49. The minimum atomic E-state index is -0.233. The van der Waals surface area contributed by atoms with Crippen molar-refractivity contribution in [3.63, 3.8) is 0 Å². The lowest BCUT2D eigenvalue weighted by Crippen LogP contribution is -2.31. The second-order valence-corrected chi connectivity index (χ2v) is 5.94. The van der Waals surface area contributed by atoms with Gasteiger partial charge in [-0.1, -0.05) is 20.8 Å². The Labute approximate surface area is 111 Å². The highest BCUT2D eigenvalue weighted by molar-refractivity contribution is 6.99. The van der Waals surface area contributed by atoms with E-state index in [0.29, 0.717) is 11.5 Å². The van der Waals surface area contributed by atoms with Gasteiger partial charge in [0.2, 0.25) is 5.95 Å². The predicted octanol–water partition coefficient (Wildman–Crippen LogP) is 2.84. The third kappa shape index (κ3) is 2.61. The molecule has 98 valence electrons. The second-order valence-electron chi connectivity index (χ2n) is 5.02. The Morgan fingerprint density at radius 3 is 2.67 bits per heavy atom. The highest BCUT2D eigenvalue weighted by Gasteiger charge is 2.20. The summed E-state index contributed by atoms with van der Waals surface area (Å²) in [6.07, 6.45) is 3.78. The van der Waals surface area contributed by atoms with Gasteiger partial charge >= 0.3 is 0 Å². The molecule has 3 nitrogen and oxygen atoms in total. The lowest BCUT2D eigenvalue weighted by Gasteiger charge is -2.03. The molecule has 0 spiro atoms. The van der Waals surface area contributed by atoms with Crippen molar-refractivity contribution in [3.8, 4) is 0 Å². The van der Waals surface area contributed by atoms with Crippen LogP contribution in [0.3, 0.4) is 0 Å². The first kappa shape index (κ1) is 13.2. The molecule has 0 N–H and O–H groups in total. The molecule has 0 amide bonds. The first-order valence-electron chi connectivity index (χ1n) is 6.14. The maximum Gasteiger partial charge on any atom is 0.214 e. The summed E-state index contributed by atoms with van der Waals surface area (Å²) in [6, 6.07) is 0. The molecule has 0 fully saturated rings. The van der Waals surface area contributed by atoms with E-state index in [1.807, 2.05) is 6.92 Å². The van der Waals surface area contributed by atoms with Gasteiger partial charge in [0, 0.05) is 24.1 Å². The van der Waals surface area contributed by atoms with Gasteiger partial charge in [0.15, 0.2) is 12.7 Å². The van der Waals surface area contributed by atoms with E-state index in [-0.39, 0.29) is 11.9 Å². The van der Waals surface area contributed by atoms with Crippen molar-refractivity contribution in [1.29, 1.82) is 0 Å². The van der Waals surface area contributed by atoms with Crippen molar-refractivity contribution in [1.82, 2.24) is 9.78 Å². The Kier molecular flexibility index (Phi) is 3.80. The molecule has 1 atom stereocenters. The molecule has 1 unspecified atom stereocenters. The summed E-state index contributed by atoms with van der Waals surface area (Å²) in [5, 5.41) is 6.11. The van der Waals surface area contributed by atoms with Gasteiger partial charge in [0.25, 0.3) is 0 Å². The summed E-state index contributed by atoms with van der Waals surface area (Å²) in [5.74, 6) is 0.430. The van der Waals surface area contributed by atoms with Gasteiger partial charge < -0.3 is 0 Å². The number of hydrogen-bond acceptors (Lipinski definition) is 2. The summed E-state index contributed by atoms with van der Waals surface area (Å²) in [4.78, 5) is 0. The zero-order valence-corrected chi connectivity index (χ0v) is 12.0. The summed E-state index contributed by atoms with van der Waals surface area (Å²) in [6.45, 7) is 7.18. The largest absolute Gasteiger partial charge is 0.242 e. The summed E-state index contributed by atoms with van der Waals surface area (Å²) in [7, 11) is 1.63. The third-order valence-electron chi connectivity index (χ3n) is 3.16. The van der Waals surface area contributed by atoms with E-state index < -0.39 is 0 Å². The molecule has 0 saturated heterocycles. The zero-order chi connectivity index (χ0) is 13.3. The highest BCUT2D eigenvalue weighted by Crippen LogP contribution is 2.19. The van der Waals surface area contributed by atoms with Crippen LogP contribution in [-0.4, -0.2) is 9.78 Å². The molecule has 0 aromatic carbocycles. The van der Waals surface area contributed by atoms with Crippen molar-refractivity contribution >= 4 is 11.5 Å². The van der Waals surface area contributed by atoms with E-state index in [0.717, 1.165) is 6.54 Å². The van der Waals surface area contributed by atoms with Crippen LogP contribution in [0.1, 0.15) is 43.7 Å². The van der Waals surface area contributed by atoms with E-state index in [1.165, 1.54) is 10.2 Å². The SMILES string of the molecule is CC(C)c1cs[n+](CC(C)c2cnn(C)c2F)c1. The van der Waals surface area contributed by atoms with Crippen molar-refractivity contribution in [2.75, 3.05) is 0 Å². The molecule has 2 aromatic heterocycles. The van der Waals surface area contributed by atoms with Crippen LogP contribution >= 0.6 is 11.5 Å². The van der Waals surface area contributed by atoms with Crippen LogP contribution in [0.4, 0.5) is 4.39 Å². The van der Waals surface area contributed by atoms with Gasteiger partial charge in [-0.2, -0.15) is 9.49 Å². The number of hydrogen-bond donors (Lipinski definition) is 0. The standard InChI is InChI=1S/C13H19FN3S/c1-9(2)11-7-17(18-8-11)6-10(3)12-5-15-16(4)13(12)14/h5,7-10H,6H2,1-4H3/q+1. The van der Waals surface area contributed by atoms with Crippen LogP contribution in [0.5, 0.6) is 0 Å². The molecule has 0 saturated carbocycles. The van der Waals surface area contributed by atoms with E-state index in [9.17, 15) is 4.39 Å². The number of aromatic nitrogens is 3. The lowest BCUT2D eigenvalue weighted by molar-refractivity contribution is -0.632. The van der Waals surface area contributed by atoms with Crippen molar-refractivity contribution < 1.29 is 8.35 Å². The van der Waals surface area contributed by atoms with Crippen molar-refractivity contribution in [3.05, 3.63) is 34.8 Å². The van der Waals surface area contributed by atoms with Crippen LogP contribution in [-0.2, 0) is 13.6 Å². The molecular weight excluding hydrogens is 249 g/mol. The topological polar surface area (TPSA) is 21.7 Å². The van der Waals surface area contributed by atoms with E-state index >= 15 is 0 Å². The monoisotopic (exact) mass is 268 g/mol. The van der Waals surface area contributed by atoms with Crippen molar-refractivity contribution in [2.24, 2.45) is 7.05 Å². The lowest BCUT2D eigenvalue weighted by atomic mass is 10.1. The van der Waals surface area contributed by atoms with Gasteiger partial charge in [-0.05, 0) is 5.92 Å². The predicted molar refractivity (Wildman–Crippen MR) is 70.2 cm³/mol. The minimum Gasteiger partial charge on any atom is -0.242 e. The van der Waals surface area contributed by atoms with Crippen LogP contribution in [0, 0.1) is 5.95 Å². The number of rotatable bonds is 4.